The zero-order chi connectivity index (χ0) is 8.39. The summed E-state index contributed by atoms with van der Waals surface area (Å²) in [7, 11) is -0.876. The standard InChI is InChI=1S/C10H10ClSi/c11-12(9-5-1-2-6-9)10-7-3-4-8-10/h1-5,7H,6,8H2. The summed E-state index contributed by atoms with van der Waals surface area (Å²) in [6, 6.07) is 0. The molecule has 0 saturated heterocycles. The van der Waals surface area contributed by atoms with Gasteiger partial charge in [0.1, 0.15) is 0 Å². The van der Waals surface area contributed by atoms with Gasteiger partial charge in [-0.1, -0.05) is 35.6 Å². The largest absolute Gasteiger partial charge is 0.203 e. The van der Waals surface area contributed by atoms with Gasteiger partial charge in [0.05, 0.1) is 0 Å². The molecule has 0 nitrogen and oxygen atoms in total. The fourth-order valence-corrected chi connectivity index (χ4v) is 3.76. The molecular weight excluding hydrogens is 184 g/mol. The van der Waals surface area contributed by atoms with Crippen LogP contribution in [0.3, 0.4) is 0 Å². The number of hydrogen-bond donors (Lipinski definition) is 0. The summed E-state index contributed by atoms with van der Waals surface area (Å²) in [6.45, 7) is 0. The Morgan fingerprint density at radius 3 is 2.58 bits per heavy atom. The lowest BCUT2D eigenvalue weighted by Crippen LogP contribution is -2.17. The smallest absolute Gasteiger partial charge is 0.162 e. The SMILES string of the molecule is Cl[Si]([C]1[CH]C=CC1)C1=CC=CC1. The van der Waals surface area contributed by atoms with Gasteiger partial charge in [-0.25, -0.2) is 0 Å². The minimum absolute atomic E-state index is 0.876. The average Bonchev–Trinajstić information content (AvgIpc) is 2.77. The van der Waals surface area contributed by atoms with Gasteiger partial charge in [0.15, 0.2) is 0 Å². The molecule has 0 aromatic carbocycles. The van der Waals surface area contributed by atoms with Gasteiger partial charge in [0, 0.05) is 0 Å². The molecule has 0 unspecified atom stereocenters. The fraction of sp³-hybridized carbons (Fsp3) is 0.200. The van der Waals surface area contributed by atoms with Crippen LogP contribution in [0.1, 0.15) is 12.8 Å². The van der Waals surface area contributed by atoms with Crippen molar-refractivity contribution in [3.05, 3.63) is 47.5 Å². The highest BCUT2D eigenvalue weighted by Crippen LogP contribution is 2.30. The summed E-state index contributed by atoms with van der Waals surface area (Å²) in [5.74, 6) is 0. The van der Waals surface area contributed by atoms with Crippen molar-refractivity contribution in [1.29, 1.82) is 0 Å². The molecule has 0 aromatic rings. The molecule has 2 aliphatic carbocycles. The highest BCUT2D eigenvalue weighted by Gasteiger charge is 2.26. The van der Waals surface area contributed by atoms with E-state index in [-0.39, 0.29) is 0 Å². The van der Waals surface area contributed by atoms with Crippen molar-refractivity contribution in [2.75, 3.05) is 0 Å². The molecule has 0 aromatic heterocycles. The molecule has 2 aliphatic rings. The van der Waals surface area contributed by atoms with Crippen molar-refractivity contribution in [3.8, 4) is 0 Å². The zero-order valence-corrected chi connectivity index (χ0v) is 8.51. The van der Waals surface area contributed by atoms with Crippen LogP contribution in [0, 0.1) is 12.0 Å². The van der Waals surface area contributed by atoms with E-state index >= 15 is 0 Å². The van der Waals surface area contributed by atoms with Gasteiger partial charge in [-0.3, -0.25) is 0 Å². The molecule has 0 bridgehead atoms. The first-order valence-electron chi connectivity index (χ1n) is 4.12. The summed E-state index contributed by atoms with van der Waals surface area (Å²) >= 11 is 6.38. The maximum atomic E-state index is 6.38. The van der Waals surface area contributed by atoms with Crippen LogP contribution in [0.25, 0.3) is 0 Å². The van der Waals surface area contributed by atoms with Crippen LogP contribution in [-0.4, -0.2) is 8.11 Å². The fourth-order valence-electron chi connectivity index (χ4n) is 1.43. The Labute approximate surface area is 79.9 Å². The van der Waals surface area contributed by atoms with Crippen LogP contribution in [-0.2, 0) is 0 Å². The second kappa shape index (κ2) is 3.63. The molecule has 0 saturated carbocycles. The van der Waals surface area contributed by atoms with Gasteiger partial charge in [-0.2, -0.15) is 11.1 Å². The average molecular weight is 194 g/mol. The Balaban J connectivity index is 1.95. The molecule has 0 spiro atoms. The summed E-state index contributed by atoms with van der Waals surface area (Å²) < 4.78 is 0. The quantitative estimate of drug-likeness (QED) is 0.468. The molecule has 3 radical (unpaired) electrons. The molecule has 0 aliphatic heterocycles. The number of allylic oxidation sites excluding steroid dienone is 6. The van der Waals surface area contributed by atoms with Crippen LogP contribution in [0.5, 0.6) is 0 Å². The molecule has 0 amide bonds. The predicted octanol–water partition coefficient (Wildman–Crippen LogP) is 2.92. The molecular formula is C10H10ClSi. The number of rotatable bonds is 2. The van der Waals surface area contributed by atoms with E-state index in [1.165, 1.54) is 10.7 Å². The summed E-state index contributed by atoms with van der Waals surface area (Å²) in [6.07, 6.45) is 15.0. The van der Waals surface area contributed by atoms with Crippen LogP contribution in [0.15, 0.2) is 35.6 Å². The summed E-state index contributed by atoms with van der Waals surface area (Å²) in [4.78, 5) is 0. The second-order valence-electron chi connectivity index (χ2n) is 2.96. The molecule has 2 heteroatoms. The summed E-state index contributed by atoms with van der Waals surface area (Å²) in [5, 5.41) is 1.43. The Bertz CT molecular complexity index is 245. The number of hydrogen-bond acceptors (Lipinski definition) is 0. The maximum absolute atomic E-state index is 6.38. The lowest BCUT2D eigenvalue weighted by atomic mass is 10.3. The monoisotopic (exact) mass is 193 g/mol. The molecule has 12 heavy (non-hydrogen) atoms. The van der Waals surface area contributed by atoms with E-state index in [9.17, 15) is 0 Å². The minimum atomic E-state index is -0.876. The first kappa shape index (κ1) is 8.33. The van der Waals surface area contributed by atoms with Crippen molar-refractivity contribution in [2.24, 2.45) is 0 Å². The normalized spacial score (nSPS) is 22.7. The summed E-state index contributed by atoms with van der Waals surface area (Å²) in [5.41, 5.74) is 1.43. The Hall–Kier alpha value is -0.273. The first-order valence-corrected chi connectivity index (χ1v) is 6.64. The molecule has 0 fully saturated rings. The third-order valence-electron chi connectivity index (χ3n) is 2.11. The lowest BCUT2D eigenvalue weighted by molar-refractivity contribution is 1.23. The van der Waals surface area contributed by atoms with Gasteiger partial charge in [-0.05, 0) is 24.8 Å². The van der Waals surface area contributed by atoms with Gasteiger partial charge in [0.25, 0.3) is 0 Å². The van der Waals surface area contributed by atoms with E-state index < -0.39 is 8.11 Å². The Morgan fingerprint density at radius 1 is 1.17 bits per heavy atom. The minimum Gasteiger partial charge on any atom is -0.162 e. The molecule has 0 atom stereocenters. The molecule has 0 N–H and O–H groups in total. The number of halogens is 1. The van der Waals surface area contributed by atoms with E-state index in [2.05, 4.69) is 36.8 Å². The van der Waals surface area contributed by atoms with E-state index in [0.29, 0.717) is 0 Å². The lowest BCUT2D eigenvalue weighted by Gasteiger charge is -2.14. The highest BCUT2D eigenvalue weighted by atomic mass is 35.6. The predicted molar refractivity (Wildman–Crippen MR) is 54.7 cm³/mol. The second-order valence-corrected chi connectivity index (χ2v) is 6.01. The molecule has 0 heterocycles. The van der Waals surface area contributed by atoms with E-state index in [4.69, 9.17) is 11.1 Å². The maximum Gasteiger partial charge on any atom is 0.203 e. The van der Waals surface area contributed by atoms with Crippen molar-refractivity contribution < 1.29 is 0 Å². The van der Waals surface area contributed by atoms with Crippen LogP contribution in [0.2, 0.25) is 0 Å². The Kier molecular flexibility index (Phi) is 2.52. The molecule has 2 rings (SSSR count). The third kappa shape index (κ3) is 1.57. The van der Waals surface area contributed by atoms with Crippen LogP contribution < -0.4 is 0 Å². The Morgan fingerprint density at radius 2 is 2.00 bits per heavy atom. The van der Waals surface area contributed by atoms with E-state index in [0.717, 1.165) is 12.8 Å². The van der Waals surface area contributed by atoms with Gasteiger partial charge in [-0.15, -0.1) is 0 Å². The van der Waals surface area contributed by atoms with Crippen molar-refractivity contribution in [2.45, 2.75) is 12.8 Å². The van der Waals surface area contributed by atoms with E-state index in [1.807, 2.05) is 0 Å². The third-order valence-corrected chi connectivity index (χ3v) is 5.43. The van der Waals surface area contributed by atoms with Crippen molar-refractivity contribution in [1.82, 2.24) is 0 Å². The van der Waals surface area contributed by atoms with Gasteiger partial charge in [0.2, 0.25) is 8.11 Å². The topological polar surface area (TPSA) is 0 Å². The van der Waals surface area contributed by atoms with Crippen LogP contribution >= 0.6 is 11.1 Å². The van der Waals surface area contributed by atoms with Crippen molar-refractivity contribution in [3.63, 3.8) is 0 Å². The highest BCUT2D eigenvalue weighted by molar-refractivity contribution is 7.14. The zero-order valence-electron chi connectivity index (χ0n) is 6.76. The van der Waals surface area contributed by atoms with Gasteiger partial charge < -0.3 is 0 Å². The van der Waals surface area contributed by atoms with E-state index in [1.54, 1.807) is 0 Å². The first-order chi connectivity index (χ1) is 5.88. The molecule has 61 valence electrons. The van der Waals surface area contributed by atoms with Crippen LogP contribution in [0.4, 0.5) is 0 Å². The van der Waals surface area contributed by atoms with Crippen molar-refractivity contribution >= 4 is 19.2 Å². The van der Waals surface area contributed by atoms with Gasteiger partial charge >= 0.3 is 0 Å².